The number of carbonyl (C=O) groups excluding carboxylic acids is 1. The molecule has 0 bridgehead atoms. The minimum Gasteiger partial charge on any atom is -0.349 e. The average molecular weight is 259 g/mol. The molecule has 0 aliphatic carbocycles. The van der Waals surface area contributed by atoms with Gasteiger partial charge >= 0.3 is 0 Å². The summed E-state index contributed by atoms with van der Waals surface area (Å²) in [6.07, 6.45) is 0.503. The van der Waals surface area contributed by atoms with Crippen LogP contribution in [0, 0.1) is 5.92 Å². The molecule has 0 aliphatic rings. The zero-order chi connectivity index (χ0) is 13.7. The summed E-state index contributed by atoms with van der Waals surface area (Å²) in [6, 6.07) is 9.53. The summed E-state index contributed by atoms with van der Waals surface area (Å²) in [7, 11) is 0. The van der Waals surface area contributed by atoms with Crippen LogP contribution in [0.1, 0.15) is 26.1 Å². The highest BCUT2D eigenvalue weighted by Crippen LogP contribution is 2.15. The van der Waals surface area contributed by atoms with Gasteiger partial charge in [0.2, 0.25) is 5.91 Å². The summed E-state index contributed by atoms with van der Waals surface area (Å²) in [5.74, 6) is 1.29. The molecule has 0 fully saturated rings. The first-order valence-corrected chi connectivity index (χ1v) is 6.30. The standard InChI is InChI=1S/C14H17N3O2/c1-10(2)8-13(18)15-9-12-16-14(19-17-12)11-6-4-3-5-7-11/h3-7,10H,8-9H2,1-2H3,(H,15,18). The van der Waals surface area contributed by atoms with E-state index < -0.39 is 0 Å². The first-order valence-electron chi connectivity index (χ1n) is 6.30. The van der Waals surface area contributed by atoms with Crippen LogP contribution in [-0.4, -0.2) is 16.0 Å². The molecule has 0 unspecified atom stereocenters. The van der Waals surface area contributed by atoms with Gasteiger partial charge in [0.1, 0.15) is 0 Å². The van der Waals surface area contributed by atoms with Crippen LogP contribution in [0.4, 0.5) is 0 Å². The molecule has 0 atom stereocenters. The number of rotatable bonds is 5. The Labute approximate surface area is 112 Å². The summed E-state index contributed by atoms with van der Waals surface area (Å²) in [5.41, 5.74) is 0.870. The summed E-state index contributed by atoms with van der Waals surface area (Å²) in [6.45, 7) is 4.30. The third-order valence-corrected chi connectivity index (χ3v) is 2.53. The maximum Gasteiger partial charge on any atom is 0.257 e. The highest BCUT2D eigenvalue weighted by molar-refractivity contribution is 5.75. The summed E-state index contributed by atoms with van der Waals surface area (Å²) in [5, 5.41) is 6.61. The van der Waals surface area contributed by atoms with Crippen molar-refractivity contribution in [2.24, 2.45) is 5.92 Å². The minimum atomic E-state index is 0.000983. The third kappa shape index (κ3) is 3.91. The molecule has 0 radical (unpaired) electrons. The van der Waals surface area contributed by atoms with E-state index >= 15 is 0 Å². The van der Waals surface area contributed by atoms with Crippen LogP contribution in [-0.2, 0) is 11.3 Å². The van der Waals surface area contributed by atoms with Crippen LogP contribution in [0.5, 0.6) is 0 Å². The highest BCUT2D eigenvalue weighted by atomic mass is 16.5. The van der Waals surface area contributed by atoms with E-state index in [1.165, 1.54) is 0 Å². The Bertz CT molecular complexity index is 535. The molecule has 0 aliphatic heterocycles. The van der Waals surface area contributed by atoms with Crippen molar-refractivity contribution in [1.82, 2.24) is 15.5 Å². The lowest BCUT2D eigenvalue weighted by Crippen LogP contribution is -2.24. The lowest BCUT2D eigenvalue weighted by Gasteiger charge is -2.04. The van der Waals surface area contributed by atoms with Crippen LogP contribution in [0.15, 0.2) is 34.9 Å². The number of nitrogens with one attached hydrogen (secondary N) is 1. The molecule has 5 heteroatoms. The SMILES string of the molecule is CC(C)CC(=O)NCc1noc(-c2ccccc2)n1. The average Bonchev–Trinajstić information content (AvgIpc) is 2.85. The summed E-state index contributed by atoms with van der Waals surface area (Å²) in [4.78, 5) is 15.7. The van der Waals surface area contributed by atoms with Crippen molar-refractivity contribution >= 4 is 5.91 Å². The molecule has 19 heavy (non-hydrogen) atoms. The normalized spacial score (nSPS) is 10.7. The van der Waals surface area contributed by atoms with Gasteiger partial charge in [-0.25, -0.2) is 0 Å². The topological polar surface area (TPSA) is 68.0 Å². The predicted molar refractivity (Wildman–Crippen MR) is 71.0 cm³/mol. The second-order valence-corrected chi connectivity index (χ2v) is 4.76. The fourth-order valence-corrected chi connectivity index (χ4v) is 1.64. The molecular weight excluding hydrogens is 242 g/mol. The molecular formula is C14H17N3O2. The molecule has 0 saturated carbocycles. The molecule has 0 saturated heterocycles. The molecule has 100 valence electrons. The Hall–Kier alpha value is -2.17. The Morgan fingerprint density at radius 1 is 1.32 bits per heavy atom. The van der Waals surface area contributed by atoms with Gasteiger partial charge in [-0.15, -0.1) is 0 Å². The number of aromatic nitrogens is 2. The zero-order valence-electron chi connectivity index (χ0n) is 11.1. The number of carbonyl (C=O) groups is 1. The van der Waals surface area contributed by atoms with Crippen molar-refractivity contribution in [3.8, 4) is 11.5 Å². The van der Waals surface area contributed by atoms with Gasteiger partial charge < -0.3 is 9.84 Å². The summed E-state index contributed by atoms with van der Waals surface area (Å²) < 4.78 is 5.15. The minimum absolute atomic E-state index is 0.000983. The van der Waals surface area contributed by atoms with Crippen molar-refractivity contribution in [3.05, 3.63) is 36.2 Å². The van der Waals surface area contributed by atoms with Gasteiger partial charge in [0.15, 0.2) is 5.82 Å². The Morgan fingerprint density at radius 3 is 2.74 bits per heavy atom. The monoisotopic (exact) mass is 259 g/mol. The molecule has 2 rings (SSSR count). The molecule has 1 N–H and O–H groups in total. The fraction of sp³-hybridized carbons (Fsp3) is 0.357. The molecule has 0 spiro atoms. The molecule has 1 aromatic heterocycles. The Morgan fingerprint density at radius 2 is 2.05 bits per heavy atom. The molecule has 1 aromatic carbocycles. The van der Waals surface area contributed by atoms with Crippen molar-refractivity contribution in [1.29, 1.82) is 0 Å². The Balaban J connectivity index is 1.93. The lowest BCUT2D eigenvalue weighted by atomic mass is 10.1. The van der Waals surface area contributed by atoms with Crippen LogP contribution in [0.3, 0.4) is 0 Å². The molecule has 2 aromatic rings. The van der Waals surface area contributed by atoms with Crippen molar-refractivity contribution in [3.63, 3.8) is 0 Å². The van der Waals surface area contributed by atoms with E-state index in [4.69, 9.17) is 4.52 Å². The number of hydrogen-bond donors (Lipinski definition) is 1. The number of hydrogen-bond acceptors (Lipinski definition) is 4. The number of benzene rings is 1. The van der Waals surface area contributed by atoms with Crippen molar-refractivity contribution < 1.29 is 9.32 Å². The quantitative estimate of drug-likeness (QED) is 0.895. The highest BCUT2D eigenvalue weighted by Gasteiger charge is 2.10. The second-order valence-electron chi connectivity index (χ2n) is 4.76. The Kier molecular flexibility index (Phi) is 4.28. The maximum absolute atomic E-state index is 11.5. The van der Waals surface area contributed by atoms with E-state index in [1.54, 1.807) is 0 Å². The van der Waals surface area contributed by atoms with Crippen molar-refractivity contribution in [2.45, 2.75) is 26.8 Å². The molecule has 1 heterocycles. The maximum atomic E-state index is 11.5. The van der Waals surface area contributed by atoms with E-state index in [0.717, 1.165) is 5.56 Å². The van der Waals surface area contributed by atoms with Crippen LogP contribution in [0.25, 0.3) is 11.5 Å². The van der Waals surface area contributed by atoms with Crippen LogP contribution < -0.4 is 5.32 Å². The smallest absolute Gasteiger partial charge is 0.257 e. The van der Waals surface area contributed by atoms with Gasteiger partial charge in [0, 0.05) is 12.0 Å². The molecule has 1 amide bonds. The predicted octanol–water partition coefficient (Wildman–Crippen LogP) is 2.40. The first-order chi connectivity index (χ1) is 9.15. The summed E-state index contributed by atoms with van der Waals surface area (Å²) >= 11 is 0. The first kappa shape index (κ1) is 13.3. The van der Waals surface area contributed by atoms with Gasteiger partial charge in [0.25, 0.3) is 5.89 Å². The van der Waals surface area contributed by atoms with E-state index in [0.29, 0.717) is 30.6 Å². The van der Waals surface area contributed by atoms with Gasteiger partial charge in [-0.1, -0.05) is 37.2 Å². The largest absolute Gasteiger partial charge is 0.349 e. The molecule has 5 nitrogen and oxygen atoms in total. The van der Waals surface area contributed by atoms with E-state index in [9.17, 15) is 4.79 Å². The number of nitrogens with zero attached hydrogens (tertiary/aromatic N) is 2. The van der Waals surface area contributed by atoms with E-state index in [1.807, 2.05) is 44.2 Å². The van der Waals surface area contributed by atoms with Crippen LogP contribution >= 0.6 is 0 Å². The van der Waals surface area contributed by atoms with E-state index in [2.05, 4.69) is 15.5 Å². The van der Waals surface area contributed by atoms with Gasteiger partial charge in [-0.2, -0.15) is 4.98 Å². The van der Waals surface area contributed by atoms with E-state index in [-0.39, 0.29) is 5.91 Å². The van der Waals surface area contributed by atoms with Gasteiger partial charge in [-0.3, -0.25) is 4.79 Å². The van der Waals surface area contributed by atoms with Crippen LogP contribution in [0.2, 0.25) is 0 Å². The zero-order valence-corrected chi connectivity index (χ0v) is 11.1. The van der Waals surface area contributed by atoms with Gasteiger partial charge in [0.05, 0.1) is 6.54 Å². The van der Waals surface area contributed by atoms with Gasteiger partial charge in [-0.05, 0) is 18.1 Å². The second kappa shape index (κ2) is 6.13. The van der Waals surface area contributed by atoms with Crippen molar-refractivity contribution in [2.75, 3.05) is 0 Å². The number of amides is 1. The third-order valence-electron chi connectivity index (χ3n) is 2.53. The lowest BCUT2D eigenvalue weighted by molar-refractivity contribution is -0.122. The fourth-order valence-electron chi connectivity index (χ4n) is 1.64.